The summed E-state index contributed by atoms with van der Waals surface area (Å²) in [6, 6.07) is -0.590. The first-order valence-electron chi connectivity index (χ1n) is 4.28. The van der Waals surface area contributed by atoms with Gasteiger partial charge in [-0.2, -0.15) is 11.8 Å². The van der Waals surface area contributed by atoms with E-state index in [1.54, 1.807) is 11.8 Å². The largest absolute Gasteiger partial charge is 0.330 e. The first-order valence-corrected chi connectivity index (χ1v) is 5.67. The third kappa shape index (κ3) is 2.73. The summed E-state index contributed by atoms with van der Waals surface area (Å²) in [5.41, 5.74) is 0. The minimum Gasteiger partial charge on any atom is -0.277 e. The van der Waals surface area contributed by atoms with E-state index in [1.165, 1.54) is 0 Å². The van der Waals surface area contributed by atoms with Crippen LogP contribution in [0.3, 0.4) is 0 Å². The van der Waals surface area contributed by atoms with Gasteiger partial charge in [-0.1, -0.05) is 0 Å². The first-order chi connectivity index (χ1) is 6.65. The lowest BCUT2D eigenvalue weighted by Crippen LogP contribution is -2.52. The fraction of sp³-hybridized carbons (Fsp3) is 0.625. The van der Waals surface area contributed by atoms with E-state index in [9.17, 15) is 14.4 Å². The smallest absolute Gasteiger partial charge is 0.277 e. The van der Waals surface area contributed by atoms with Crippen LogP contribution in [-0.4, -0.2) is 41.3 Å². The highest BCUT2D eigenvalue weighted by Gasteiger charge is 2.29. The number of rotatable bonds is 4. The van der Waals surface area contributed by atoms with Crippen LogP contribution >= 0.6 is 11.8 Å². The van der Waals surface area contributed by atoms with Crippen molar-refractivity contribution in [2.75, 3.05) is 18.6 Å². The Labute approximate surface area is 86.2 Å². The van der Waals surface area contributed by atoms with E-state index in [2.05, 4.69) is 5.32 Å². The number of imide groups is 2. The molecule has 0 unspecified atom stereocenters. The van der Waals surface area contributed by atoms with Gasteiger partial charge in [0.25, 0.3) is 0 Å². The number of nitrogens with zero attached hydrogens (tertiary/aromatic N) is 1. The van der Waals surface area contributed by atoms with Gasteiger partial charge in [-0.25, -0.2) is 4.79 Å². The van der Waals surface area contributed by atoms with Crippen LogP contribution in [-0.2, 0) is 9.59 Å². The lowest BCUT2D eigenvalue weighted by atomic mass is 10.3. The molecular weight excluding hydrogens is 204 g/mol. The summed E-state index contributed by atoms with van der Waals surface area (Å²) in [6.45, 7) is 0.388. The Morgan fingerprint density at radius 3 is 2.71 bits per heavy atom. The van der Waals surface area contributed by atoms with E-state index in [0.717, 1.165) is 17.1 Å². The van der Waals surface area contributed by atoms with E-state index in [4.69, 9.17) is 0 Å². The number of hydrogen-bond acceptors (Lipinski definition) is 4. The fourth-order valence-electron chi connectivity index (χ4n) is 1.17. The second-order valence-electron chi connectivity index (χ2n) is 2.92. The average Bonchev–Trinajstić information content (AvgIpc) is 2.09. The zero-order valence-electron chi connectivity index (χ0n) is 7.91. The van der Waals surface area contributed by atoms with Gasteiger partial charge in [-0.3, -0.25) is 19.8 Å². The minimum atomic E-state index is -0.590. The quantitative estimate of drug-likeness (QED) is 0.539. The molecule has 0 aliphatic carbocycles. The first kappa shape index (κ1) is 11.0. The summed E-state index contributed by atoms with van der Waals surface area (Å²) in [5, 5.41) is 2.11. The number of nitrogens with one attached hydrogen (secondary N) is 1. The molecule has 6 heteroatoms. The van der Waals surface area contributed by atoms with Crippen LogP contribution in [0.2, 0.25) is 0 Å². The maximum Gasteiger partial charge on any atom is 0.330 e. The van der Waals surface area contributed by atoms with Gasteiger partial charge in [0.2, 0.25) is 11.8 Å². The number of barbiturate groups is 1. The van der Waals surface area contributed by atoms with Gasteiger partial charge in [-0.05, 0) is 18.4 Å². The highest BCUT2D eigenvalue weighted by molar-refractivity contribution is 7.98. The monoisotopic (exact) mass is 216 g/mol. The maximum atomic E-state index is 11.2. The highest BCUT2D eigenvalue weighted by Crippen LogP contribution is 2.05. The van der Waals surface area contributed by atoms with Crippen molar-refractivity contribution in [2.24, 2.45) is 0 Å². The molecule has 1 rings (SSSR count). The maximum absolute atomic E-state index is 11.2. The summed E-state index contributed by atoms with van der Waals surface area (Å²) in [5.74, 6) is -0.0219. The summed E-state index contributed by atoms with van der Waals surface area (Å²) in [7, 11) is 0. The van der Waals surface area contributed by atoms with Gasteiger partial charge in [-0.15, -0.1) is 0 Å². The van der Waals surface area contributed by atoms with Crippen molar-refractivity contribution in [2.45, 2.75) is 12.8 Å². The van der Waals surface area contributed by atoms with Crippen molar-refractivity contribution in [1.29, 1.82) is 0 Å². The summed E-state index contributed by atoms with van der Waals surface area (Å²) < 4.78 is 0. The lowest BCUT2D eigenvalue weighted by molar-refractivity contribution is -0.136. The molecule has 0 aromatic carbocycles. The molecular formula is C8H12N2O3S. The van der Waals surface area contributed by atoms with Crippen molar-refractivity contribution in [3.63, 3.8) is 0 Å². The third-order valence-electron chi connectivity index (χ3n) is 1.83. The lowest BCUT2D eigenvalue weighted by Gasteiger charge is -2.24. The Kier molecular flexibility index (Phi) is 3.94. The number of hydrogen-bond donors (Lipinski definition) is 1. The molecule has 0 saturated carbocycles. The number of thioether (sulfide) groups is 1. The van der Waals surface area contributed by atoms with Gasteiger partial charge in [0.15, 0.2) is 0 Å². The molecule has 0 aromatic heterocycles. The molecule has 0 atom stereocenters. The van der Waals surface area contributed by atoms with Crippen LogP contribution in [0, 0.1) is 0 Å². The predicted molar refractivity (Wildman–Crippen MR) is 52.9 cm³/mol. The molecule has 0 spiro atoms. The Hall–Kier alpha value is -1.04. The molecule has 1 aliphatic rings. The molecule has 0 aromatic rings. The van der Waals surface area contributed by atoms with Gasteiger partial charge >= 0.3 is 6.03 Å². The topological polar surface area (TPSA) is 66.5 Å². The third-order valence-corrected chi connectivity index (χ3v) is 2.53. The molecule has 1 saturated heterocycles. The zero-order valence-corrected chi connectivity index (χ0v) is 8.73. The van der Waals surface area contributed by atoms with Crippen molar-refractivity contribution in [3.8, 4) is 0 Å². The van der Waals surface area contributed by atoms with Crippen LogP contribution < -0.4 is 5.32 Å². The van der Waals surface area contributed by atoms with E-state index in [-0.39, 0.29) is 6.42 Å². The van der Waals surface area contributed by atoms with Crippen molar-refractivity contribution >= 4 is 29.6 Å². The summed E-state index contributed by atoms with van der Waals surface area (Å²) in [4.78, 5) is 34.3. The van der Waals surface area contributed by atoms with Crippen LogP contribution in [0.5, 0.6) is 0 Å². The molecule has 5 nitrogen and oxygen atoms in total. The van der Waals surface area contributed by atoms with Gasteiger partial charge in [0, 0.05) is 6.54 Å². The van der Waals surface area contributed by atoms with E-state index < -0.39 is 17.8 Å². The van der Waals surface area contributed by atoms with Gasteiger partial charge in [0.1, 0.15) is 6.42 Å². The molecule has 1 heterocycles. The fourth-order valence-corrected chi connectivity index (χ4v) is 1.59. The van der Waals surface area contributed by atoms with Crippen LogP contribution in [0.4, 0.5) is 4.79 Å². The predicted octanol–water partition coefficient (Wildman–Crippen LogP) is 0.208. The van der Waals surface area contributed by atoms with Gasteiger partial charge in [0.05, 0.1) is 0 Å². The minimum absolute atomic E-state index is 0.217. The van der Waals surface area contributed by atoms with Crippen LogP contribution in [0.1, 0.15) is 12.8 Å². The Morgan fingerprint density at radius 2 is 2.14 bits per heavy atom. The van der Waals surface area contributed by atoms with Gasteiger partial charge < -0.3 is 0 Å². The average molecular weight is 216 g/mol. The molecule has 0 radical (unpaired) electrons. The molecule has 1 fully saturated rings. The molecule has 1 N–H and O–H groups in total. The Morgan fingerprint density at radius 1 is 1.43 bits per heavy atom. The molecule has 1 aliphatic heterocycles. The zero-order chi connectivity index (χ0) is 10.6. The molecule has 4 amide bonds. The van der Waals surface area contributed by atoms with Crippen molar-refractivity contribution in [1.82, 2.24) is 10.2 Å². The number of amides is 4. The molecule has 14 heavy (non-hydrogen) atoms. The summed E-state index contributed by atoms with van der Waals surface area (Å²) >= 11 is 1.66. The van der Waals surface area contributed by atoms with E-state index in [1.807, 2.05) is 6.26 Å². The number of urea groups is 1. The molecule has 0 bridgehead atoms. The van der Waals surface area contributed by atoms with Crippen molar-refractivity contribution in [3.05, 3.63) is 0 Å². The Bertz CT molecular complexity index is 247. The summed E-state index contributed by atoms with van der Waals surface area (Å²) in [6.07, 6.45) is 2.50. The van der Waals surface area contributed by atoms with Crippen LogP contribution in [0.15, 0.2) is 0 Å². The Balaban J connectivity index is 2.46. The number of carbonyl (C=O) groups excluding carboxylic acids is 3. The van der Waals surface area contributed by atoms with Crippen molar-refractivity contribution < 1.29 is 14.4 Å². The van der Waals surface area contributed by atoms with E-state index in [0.29, 0.717) is 6.54 Å². The number of carbonyl (C=O) groups is 3. The second kappa shape index (κ2) is 4.99. The SMILES string of the molecule is CSCCCN1C(=O)CC(=O)NC1=O. The second-order valence-corrected chi connectivity index (χ2v) is 3.91. The highest BCUT2D eigenvalue weighted by atomic mass is 32.2. The molecule has 78 valence electrons. The van der Waals surface area contributed by atoms with E-state index >= 15 is 0 Å². The standard InChI is InChI=1S/C8H12N2O3S/c1-14-4-2-3-10-7(12)5-6(11)9-8(10)13/h2-5H2,1H3,(H,9,11,13). The normalized spacial score (nSPS) is 17.2. The van der Waals surface area contributed by atoms with Crippen LogP contribution in [0.25, 0.3) is 0 Å².